The minimum absolute atomic E-state index is 0.167. The van der Waals surface area contributed by atoms with Crippen molar-refractivity contribution in [3.8, 4) is 0 Å². The van der Waals surface area contributed by atoms with Crippen LogP contribution in [0.5, 0.6) is 0 Å². The Labute approximate surface area is 193 Å². The van der Waals surface area contributed by atoms with Gasteiger partial charge in [0.2, 0.25) is 5.90 Å². The van der Waals surface area contributed by atoms with Crippen molar-refractivity contribution in [2.45, 2.75) is 38.9 Å². The Kier molecular flexibility index (Phi) is 7.72. The van der Waals surface area contributed by atoms with E-state index in [1.165, 1.54) is 0 Å². The third-order valence-corrected chi connectivity index (χ3v) is 5.78. The second kappa shape index (κ2) is 10.3. The highest BCUT2D eigenvalue weighted by atomic mass is 16.6. The van der Waals surface area contributed by atoms with Crippen molar-refractivity contribution in [1.29, 1.82) is 0 Å². The summed E-state index contributed by atoms with van der Waals surface area (Å²) in [6.07, 6.45) is 12.7. The van der Waals surface area contributed by atoms with Crippen LogP contribution in [0.4, 0.5) is 0 Å². The van der Waals surface area contributed by atoms with Crippen molar-refractivity contribution in [2.24, 2.45) is 4.99 Å². The average Bonchev–Trinajstić information content (AvgIpc) is 2.72. The lowest BCUT2D eigenvalue weighted by Crippen LogP contribution is -2.45. The van der Waals surface area contributed by atoms with Crippen LogP contribution in [-0.2, 0) is 14.2 Å². The molecule has 0 spiro atoms. The van der Waals surface area contributed by atoms with E-state index in [-0.39, 0.29) is 6.10 Å². The number of hydrogen-bond donors (Lipinski definition) is 0. The van der Waals surface area contributed by atoms with Gasteiger partial charge in [0, 0.05) is 45.8 Å². The van der Waals surface area contributed by atoms with Crippen LogP contribution in [0.1, 0.15) is 27.2 Å². The molecule has 0 aromatic carbocycles. The first-order valence-electron chi connectivity index (χ1n) is 11.2. The summed E-state index contributed by atoms with van der Waals surface area (Å²) in [5.74, 6) is 3.43. The molecule has 1 unspecified atom stereocenters. The highest BCUT2D eigenvalue weighted by Crippen LogP contribution is 2.36. The molecule has 32 heavy (non-hydrogen) atoms. The fourth-order valence-electron chi connectivity index (χ4n) is 3.73. The van der Waals surface area contributed by atoms with Gasteiger partial charge in [-0.2, -0.15) is 0 Å². The molecule has 0 bridgehead atoms. The molecule has 0 amide bonds. The van der Waals surface area contributed by atoms with Crippen molar-refractivity contribution >= 4 is 5.90 Å². The zero-order valence-corrected chi connectivity index (χ0v) is 20.6. The van der Waals surface area contributed by atoms with Crippen molar-refractivity contribution in [3.05, 3.63) is 59.4 Å². The van der Waals surface area contributed by atoms with E-state index in [1.807, 2.05) is 37.3 Å². The maximum absolute atomic E-state index is 6.45. The van der Waals surface area contributed by atoms with E-state index < -0.39 is 5.60 Å². The molecule has 3 rings (SSSR count). The minimum atomic E-state index is -0.514. The van der Waals surface area contributed by atoms with E-state index in [0.29, 0.717) is 19.2 Å². The summed E-state index contributed by atoms with van der Waals surface area (Å²) in [5, 5.41) is 0. The summed E-state index contributed by atoms with van der Waals surface area (Å²) in [7, 11) is 8.33. The summed E-state index contributed by atoms with van der Waals surface area (Å²) >= 11 is 0. The predicted octanol–water partition coefficient (Wildman–Crippen LogP) is 3.51. The summed E-state index contributed by atoms with van der Waals surface area (Å²) in [4.78, 5) is 11.2. The van der Waals surface area contributed by atoms with E-state index in [1.54, 1.807) is 0 Å². The first-order valence-corrected chi connectivity index (χ1v) is 11.2. The molecule has 0 aromatic heterocycles. The Morgan fingerprint density at radius 1 is 1.19 bits per heavy atom. The van der Waals surface area contributed by atoms with Gasteiger partial charge in [-0.1, -0.05) is 18.2 Å². The molecule has 3 heterocycles. The van der Waals surface area contributed by atoms with Gasteiger partial charge in [-0.05, 0) is 46.5 Å². The molecule has 7 nitrogen and oxygen atoms in total. The zero-order valence-electron chi connectivity index (χ0n) is 20.6. The van der Waals surface area contributed by atoms with Crippen LogP contribution in [0.3, 0.4) is 0 Å². The van der Waals surface area contributed by atoms with Gasteiger partial charge in [0.15, 0.2) is 0 Å². The molecule has 0 aromatic rings. The SMILES string of the molecule is C/C1=C\C2=C(/C=C/C=C\CO1)CC(OC1=NCN(C)C(N(C)CCN(C)C)=C1)C(C)(C)O2. The molecule has 7 heteroatoms. The topological polar surface area (TPSA) is 49.8 Å². The summed E-state index contributed by atoms with van der Waals surface area (Å²) in [5.41, 5.74) is 0.574. The molecular weight excluding hydrogens is 404 g/mol. The number of hydrogen-bond acceptors (Lipinski definition) is 7. The van der Waals surface area contributed by atoms with Gasteiger partial charge in [-0.15, -0.1) is 0 Å². The monoisotopic (exact) mass is 442 g/mol. The van der Waals surface area contributed by atoms with Crippen LogP contribution in [0.15, 0.2) is 64.4 Å². The molecule has 0 saturated carbocycles. The van der Waals surface area contributed by atoms with E-state index in [9.17, 15) is 0 Å². The highest BCUT2D eigenvalue weighted by Gasteiger charge is 2.40. The Bertz CT molecular complexity index is 864. The zero-order chi connectivity index (χ0) is 23.3. The second-order valence-electron chi connectivity index (χ2n) is 9.32. The average molecular weight is 443 g/mol. The number of aliphatic imine (C=N–C) groups is 1. The van der Waals surface area contributed by atoms with E-state index >= 15 is 0 Å². The fraction of sp³-hybridized carbons (Fsp3) is 0.560. The van der Waals surface area contributed by atoms with Crippen molar-refractivity contribution in [3.63, 3.8) is 0 Å². The van der Waals surface area contributed by atoms with Crippen molar-refractivity contribution in [2.75, 3.05) is 54.6 Å². The molecule has 0 aliphatic carbocycles. The lowest BCUT2D eigenvalue weighted by Gasteiger charge is -2.40. The third kappa shape index (κ3) is 6.19. The van der Waals surface area contributed by atoms with Crippen molar-refractivity contribution < 1.29 is 14.2 Å². The van der Waals surface area contributed by atoms with Crippen LogP contribution >= 0.6 is 0 Å². The number of allylic oxidation sites excluding steroid dienone is 5. The standard InChI is InChI=1S/C25H38N4O3/c1-19-15-21-20(11-9-8-10-14-30-19)16-22(25(2,3)32-21)31-23-17-24(29(7)18-26-23)28(6)13-12-27(4)5/h8-11,15,17,22H,12-14,16,18H2,1-7H3/b10-8-,11-9+,19-15+. The van der Waals surface area contributed by atoms with Gasteiger partial charge in [0.25, 0.3) is 0 Å². The number of rotatable bonds is 5. The van der Waals surface area contributed by atoms with Crippen LogP contribution in [0.25, 0.3) is 0 Å². The van der Waals surface area contributed by atoms with Crippen LogP contribution in [0, 0.1) is 0 Å². The summed E-state index contributed by atoms with van der Waals surface area (Å²) in [6, 6.07) is 0. The molecule has 176 valence electrons. The van der Waals surface area contributed by atoms with Crippen LogP contribution in [-0.4, -0.2) is 86.9 Å². The number of likely N-dealkylation sites (N-methyl/N-ethyl adjacent to an activating group) is 2. The van der Waals surface area contributed by atoms with E-state index in [4.69, 9.17) is 14.2 Å². The molecule has 3 aliphatic rings. The molecule has 0 N–H and O–H groups in total. The fourth-order valence-corrected chi connectivity index (χ4v) is 3.73. The van der Waals surface area contributed by atoms with Crippen LogP contribution in [0.2, 0.25) is 0 Å². The van der Waals surface area contributed by atoms with Gasteiger partial charge in [0.05, 0.1) is 5.76 Å². The van der Waals surface area contributed by atoms with E-state index in [0.717, 1.165) is 42.4 Å². The van der Waals surface area contributed by atoms with Gasteiger partial charge >= 0.3 is 0 Å². The summed E-state index contributed by atoms with van der Waals surface area (Å²) in [6.45, 7) is 9.11. The lowest BCUT2D eigenvalue weighted by atomic mass is 9.90. The predicted molar refractivity (Wildman–Crippen MR) is 129 cm³/mol. The van der Waals surface area contributed by atoms with Gasteiger partial charge in [0.1, 0.15) is 36.6 Å². The second-order valence-corrected chi connectivity index (χ2v) is 9.32. The van der Waals surface area contributed by atoms with Crippen LogP contribution < -0.4 is 0 Å². The smallest absolute Gasteiger partial charge is 0.214 e. The molecule has 1 atom stereocenters. The number of ether oxygens (including phenoxy) is 3. The molecule has 3 aliphatic heterocycles. The molecule has 0 fully saturated rings. The maximum atomic E-state index is 6.45. The Morgan fingerprint density at radius 3 is 2.72 bits per heavy atom. The Morgan fingerprint density at radius 2 is 1.97 bits per heavy atom. The first kappa shape index (κ1) is 24.0. The quantitative estimate of drug-likeness (QED) is 0.650. The Hall–Kier alpha value is -2.67. The normalized spacial score (nSPS) is 26.6. The highest BCUT2D eigenvalue weighted by molar-refractivity contribution is 5.89. The minimum Gasteiger partial charge on any atom is -0.494 e. The van der Waals surface area contributed by atoms with Gasteiger partial charge in [-0.25, -0.2) is 4.99 Å². The van der Waals surface area contributed by atoms with Gasteiger partial charge in [-0.3, -0.25) is 0 Å². The lowest BCUT2D eigenvalue weighted by molar-refractivity contribution is -0.0717. The summed E-state index contributed by atoms with van der Waals surface area (Å²) < 4.78 is 18.6. The largest absolute Gasteiger partial charge is 0.494 e. The first-order chi connectivity index (χ1) is 15.2. The van der Waals surface area contributed by atoms with E-state index in [2.05, 4.69) is 67.8 Å². The molecular formula is C25H38N4O3. The maximum Gasteiger partial charge on any atom is 0.214 e. The third-order valence-electron chi connectivity index (χ3n) is 5.78. The molecule has 0 radical (unpaired) electrons. The number of nitrogens with zero attached hydrogens (tertiary/aromatic N) is 4. The molecule has 0 saturated heterocycles. The Balaban J connectivity index is 1.79. The van der Waals surface area contributed by atoms with Gasteiger partial charge < -0.3 is 28.9 Å². The van der Waals surface area contributed by atoms with Crippen molar-refractivity contribution in [1.82, 2.24) is 14.7 Å².